The molecule has 0 aliphatic carbocycles. The highest BCUT2D eigenvalue weighted by atomic mass is 32.1. The molecule has 0 amide bonds. The molecule has 0 bridgehead atoms. The van der Waals surface area contributed by atoms with Gasteiger partial charge in [-0.15, -0.1) is 11.3 Å². The highest BCUT2D eigenvalue weighted by molar-refractivity contribution is 7.12. The van der Waals surface area contributed by atoms with Gasteiger partial charge in [0.2, 0.25) is 0 Å². The van der Waals surface area contributed by atoms with Gasteiger partial charge in [-0.3, -0.25) is 0 Å². The second-order valence-corrected chi connectivity index (χ2v) is 3.94. The van der Waals surface area contributed by atoms with Crippen LogP contribution in [0.3, 0.4) is 0 Å². The van der Waals surface area contributed by atoms with E-state index in [4.69, 9.17) is 9.84 Å². The van der Waals surface area contributed by atoms with Crippen LogP contribution in [0.5, 0.6) is 0 Å². The number of hydrogen-bond donors (Lipinski definition) is 1. The van der Waals surface area contributed by atoms with Crippen molar-refractivity contribution in [3.63, 3.8) is 0 Å². The molecule has 0 aromatic carbocycles. The number of carboxylic acids is 1. The van der Waals surface area contributed by atoms with Crippen LogP contribution in [-0.2, 0) is 9.53 Å². The van der Waals surface area contributed by atoms with Gasteiger partial charge in [-0.1, -0.05) is 0 Å². The lowest BCUT2D eigenvalue weighted by Crippen LogP contribution is -2.13. The molecule has 1 aromatic rings. The van der Waals surface area contributed by atoms with Crippen LogP contribution in [0.15, 0.2) is 12.1 Å². The van der Waals surface area contributed by atoms with Crippen LogP contribution in [0.2, 0.25) is 0 Å². The van der Waals surface area contributed by atoms with Crippen LogP contribution >= 0.6 is 11.3 Å². The summed E-state index contributed by atoms with van der Waals surface area (Å²) in [5, 5.41) is 8.85. The summed E-state index contributed by atoms with van der Waals surface area (Å²) < 4.78 is 5.11. The maximum Gasteiger partial charge on any atom is 0.338 e. The first-order chi connectivity index (χ1) is 6.15. The van der Waals surface area contributed by atoms with E-state index in [1.807, 2.05) is 13.0 Å². The van der Waals surface area contributed by atoms with Gasteiger partial charge >= 0.3 is 5.97 Å². The quantitative estimate of drug-likeness (QED) is 0.810. The molecule has 1 heterocycles. The molecule has 0 saturated carbocycles. The third-order valence-electron chi connectivity index (χ3n) is 1.58. The Morgan fingerprint density at radius 2 is 2.38 bits per heavy atom. The number of carboxylic acid groups (broad SMARTS) is 1. The molecule has 0 aliphatic rings. The van der Waals surface area contributed by atoms with Crippen molar-refractivity contribution >= 4 is 17.3 Å². The highest BCUT2D eigenvalue weighted by Gasteiger charge is 2.21. The highest BCUT2D eigenvalue weighted by Crippen LogP contribution is 2.25. The molecule has 1 N–H and O–H groups in total. The van der Waals surface area contributed by atoms with Crippen LogP contribution in [0.4, 0.5) is 0 Å². The number of ether oxygens (including phenoxy) is 1. The second kappa shape index (κ2) is 4.39. The maximum atomic E-state index is 10.8. The fourth-order valence-electron chi connectivity index (χ4n) is 1.04. The van der Waals surface area contributed by atoms with Crippen molar-refractivity contribution in [2.45, 2.75) is 20.0 Å². The lowest BCUT2D eigenvalue weighted by atomic mass is 10.3. The predicted molar refractivity (Wildman–Crippen MR) is 51.1 cm³/mol. The van der Waals surface area contributed by atoms with Crippen molar-refractivity contribution in [1.29, 1.82) is 0 Å². The Kier molecular flexibility index (Phi) is 3.45. The van der Waals surface area contributed by atoms with Crippen LogP contribution in [-0.4, -0.2) is 17.7 Å². The smallest absolute Gasteiger partial charge is 0.338 e. The van der Waals surface area contributed by atoms with Crippen LogP contribution < -0.4 is 0 Å². The summed E-state index contributed by atoms with van der Waals surface area (Å²) in [6.07, 6.45) is -0.802. The Morgan fingerprint density at radius 1 is 1.69 bits per heavy atom. The summed E-state index contributed by atoms with van der Waals surface area (Å²) in [4.78, 5) is 12.6. The van der Waals surface area contributed by atoms with E-state index in [-0.39, 0.29) is 0 Å². The van der Waals surface area contributed by atoms with Gasteiger partial charge < -0.3 is 9.84 Å². The normalized spacial score (nSPS) is 12.8. The summed E-state index contributed by atoms with van der Waals surface area (Å²) in [7, 11) is 0. The maximum absolute atomic E-state index is 10.8. The fraction of sp³-hybridized carbons (Fsp3) is 0.444. The number of rotatable bonds is 4. The Morgan fingerprint density at radius 3 is 2.77 bits per heavy atom. The van der Waals surface area contributed by atoms with Crippen LogP contribution in [0, 0.1) is 6.92 Å². The minimum Gasteiger partial charge on any atom is -0.479 e. The molecule has 1 atom stereocenters. The Balaban J connectivity index is 2.81. The fourth-order valence-corrected chi connectivity index (χ4v) is 1.96. The Labute approximate surface area is 81.0 Å². The molecule has 3 nitrogen and oxygen atoms in total. The van der Waals surface area contributed by atoms with Crippen molar-refractivity contribution in [1.82, 2.24) is 0 Å². The van der Waals surface area contributed by atoms with Crippen LogP contribution in [0.1, 0.15) is 22.8 Å². The first kappa shape index (κ1) is 10.2. The van der Waals surface area contributed by atoms with Gasteiger partial charge in [0.15, 0.2) is 6.10 Å². The number of hydrogen-bond acceptors (Lipinski definition) is 3. The molecule has 0 spiro atoms. The van der Waals surface area contributed by atoms with Gasteiger partial charge in [0.05, 0.1) is 0 Å². The molecule has 72 valence electrons. The average molecular weight is 200 g/mol. The molecule has 0 saturated heterocycles. The molecule has 13 heavy (non-hydrogen) atoms. The largest absolute Gasteiger partial charge is 0.479 e. The number of aryl methyl sites for hydroxylation is 1. The van der Waals surface area contributed by atoms with E-state index in [2.05, 4.69) is 0 Å². The van der Waals surface area contributed by atoms with E-state index in [1.165, 1.54) is 11.3 Å². The summed E-state index contributed by atoms with van der Waals surface area (Å²) in [6, 6.07) is 3.70. The second-order valence-electron chi connectivity index (χ2n) is 2.62. The Hall–Kier alpha value is -0.870. The summed E-state index contributed by atoms with van der Waals surface area (Å²) in [5.41, 5.74) is 0. The molecule has 0 radical (unpaired) electrons. The molecule has 0 aliphatic heterocycles. The van der Waals surface area contributed by atoms with Gasteiger partial charge in [-0.2, -0.15) is 0 Å². The first-order valence-electron chi connectivity index (χ1n) is 4.06. The van der Waals surface area contributed by atoms with Gasteiger partial charge in [-0.05, 0) is 26.0 Å². The monoisotopic (exact) mass is 200 g/mol. The molecule has 4 heteroatoms. The van der Waals surface area contributed by atoms with Crippen molar-refractivity contribution in [3.05, 3.63) is 21.9 Å². The first-order valence-corrected chi connectivity index (χ1v) is 4.87. The van der Waals surface area contributed by atoms with Gasteiger partial charge in [0.25, 0.3) is 0 Å². The average Bonchev–Trinajstić information content (AvgIpc) is 2.46. The molecular formula is C9H12O3S. The number of aliphatic carboxylic acids is 1. The zero-order chi connectivity index (χ0) is 9.84. The van der Waals surface area contributed by atoms with Crippen molar-refractivity contribution in [2.75, 3.05) is 6.61 Å². The predicted octanol–water partition coefficient (Wildman–Crippen LogP) is 2.22. The van der Waals surface area contributed by atoms with Gasteiger partial charge in [0, 0.05) is 16.4 Å². The number of thiophene rings is 1. The summed E-state index contributed by atoms with van der Waals surface area (Å²) in [5.74, 6) is -0.927. The third kappa shape index (κ3) is 2.54. The number of carbonyl (C=O) groups is 1. The topological polar surface area (TPSA) is 46.5 Å². The molecule has 0 fully saturated rings. The van der Waals surface area contributed by atoms with Crippen molar-refractivity contribution in [2.24, 2.45) is 0 Å². The SMILES string of the molecule is CCOC(C(=O)O)c1ccc(C)s1. The molecule has 1 aromatic heterocycles. The zero-order valence-corrected chi connectivity index (χ0v) is 8.43. The van der Waals surface area contributed by atoms with E-state index >= 15 is 0 Å². The van der Waals surface area contributed by atoms with Crippen LogP contribution in [0.25, 0.3) is 0 Å². The van der Waals surface area contributed by atoms with E-state index < -0.39 is 12.1 Å². The minimum absolute atomic E-state index is 0.411. The summed E-state index contributed by atoms with van der Waals surface area (Å²) in [6.45, 7) is 4.14. The minimum atomic E-state index is -0.927. The van der Waals surface area contributed by atoms with E-state index in [1.54, 1.807) is 13.0 Å². The van der Waals surface area contributed by atoms with E-state index in [9.17, 15) is 4.79 Å². The third-order valence-corrected chi connectivity index (χ3v) is 2.62. The van der Waals surface area contributed by atoms with Crippen molar-refractivity contribution in [3.8, 4) is 0 Å². The van der Waals surface area contributed by atoms with Crippen molar-refractivity contribution < 1.29 is 14.6 Å². The zero-order valence-electron chi connectivity index (χ0n) is 7.61. The van der Waals surface area contributed by atoms with E-state index in [0.717, 1.165) is 9.75 Å². The molecule has 1 rings (SSSR count). The van der Waals surface area contributed by atoms with E-state index in [0.29, 0.717) is 6.61 Å². The van der Waals surface area contributed by atoms with Gasteiger partial charge in [0.1, 0.15) is 0 Å². The Bertz CT molecular complexity index is 293. The lowest BCUT2D eigenvalue weighted by Gasteiger charge is -2.09. The summed E-state index contributed by atoms with van der Waals surface area (Å²) >= 11 is 1.46. The lowest BCUT2D eigenvalue weighted by molar-refractivity contribution is -0.150. The molecule has 1 unspecified atom stereocenters. The van der Waals surface area contributed by atoms with Gasteiger partial charge in [-0.25, -0.2) is 4.79 Å². The molecular weight excluding hydrogens is 188 g/mol. The standard InChI is InChI=1S/C9H12O3S/c1-3-12-8(9(10)11)7-5-4-6(2)13-7/h4-5,8H,3H2,1-2H3,(H,10,11).